The molecule has 0 spiro atoms. The van der Waals surface area contributed by atoms with E-state index in [0.29, 0.717) is 51.0 Å². The number of rotatable bonds is 40. The molecule has 2 aliphatic rings. The standard InChI is InChI=1S/C61H106N12O11/c1-12-13-14-15-16-17-21-47(70-59(82)50-22-20-31-73(50)60(83)49-38-84-46(9)68-49)57(80)63-28-24-42(5)34-53(76)67-45(8)35-54(77)69-48(32-40(2)3)58(81)64-29-23-41(4)33-52(75)65-36-43(6)56(79)66-37-44(7)55(78)62-30-25-51(74)71-61(39-72(10)11)26-18-19-27-61/h38,40-45,47-48,50H,12-37,39H2,1-11H3,(H,62,78)(H,63,80)(H,64,81)(H,65,75)(H,66,79)(H,67,76)(H,69,77)(H,70,82)(H,71,74)/t41?,42?,43?,44-,45?,47+,48+,50+/m1/s1. The Balaban J connectivity index is 1.34. The number of nitrogens with one attached hydrogen (secondary N) is 9. The van der Waals surface area contributed by atoms with Crippen LogP contribution in [0.4, 0.5) is 0 Å². The molecule has 2 heterocycles. The lowest BCUT2D eigenvalue weighted by Gasteiger charge is -2.33. The minimum absolute atomic E-state index is 0.0557. The molecule has 1 saturated carbocycles. The molecule has 0 radical (unpaired) electrons. The largest absolute Gasteiger partial charge is 0.448 e. The molecule has 1 saturated heterocycles. The first-order valence-corrected chi connectivity index (χ1v) is 31.3. The van der Waals surface area contributed by atoms with Crippen LogP contribution >= 0.6 is 0 Å². The molecule has 2 fully saturated rings. The number of carbonyl (C=O) groups is 10. The number of oxazole rings is 1. The summed E-state index contributed by atoms with van der Waals surface area (Å²) in [5, 5.41) is 26.1. The zero-order valence-electron chi connectivity index (χ0n) is 52.7. The second kappa shape index (κ2) is 38.0. The minimum atomic E-state index is -0.811. The number of unbranched alkanes of at least 4 members (excludes halogenated alkanes) is 5. The smallest absolute Gasteiger partial charge is 0.276 e. The van der Waals surface area contributed by atoms with Crippen molar-refractivity contribution in [2.24, 2.45) is 29.6 Å². The number of amides is 10. The van der Waals surface area contributed by atoms with Crippen molar-refractivity contribution >= 4 is 59.1 Å². The highest BCUT2D eigenvalue weighted by molar-refractivity contribution is 5.97. The van der Waals surface area contributed by atoms with Crippen molar-refractivity contribution in [2.45, 2.75) is 220 Å². The lowest BCUT2D eigenvalue weighted by atomic mass is 9.96. The van der Waals surface area contributed by atoms with Crippen LogP contribution in [-0.2, 0) is 43.2 Å². The highest BCUT2D eigenvalue weighted by atomic mass is 16.3. The van der Waals surface area contributed by atoms with Gasteiger partial charge in [0.25, 0.3) is 5.91 Å². The summed E-state index contributed by atoms with van der Waals surface area (Å²) >= 11 is 0. The molecular weight excluding hydrogens is 1080 g/mol. The highest BCUT2D eigenvalue weighted by Gasteiger charge is 2.38. The van der Waals surface area contributed by atoms with Gasteiger partial charge in [0, 0.05) is 84.5 Å². The normalized spacial score (nSPS) is 17.2. The first-order valence-electron chi connectivity index (χ1n) is 31.3. The Kier molecular flexibility index (Phi) is 32.7. The van der Waals surface area contributed by atoms with E-state index in [2.05, 4.69) is 64.7 Å². The van der Waals surface area contributed by atoms with Crippen LogP contribution in [0.25, 0.3) is 0 Å². The van der Waals surface area contributed by atoms with Crippen molar-refractivity contribution in [3.05, 3.63) is 17.8 Å². The van der Waals surface area contributed by atoms with Gasteiger partial charge in [-0.25, -0.2) is 4.98 Å². The number of hydrogen-bond acceptors (Lipinski definition) is 13. The molecule has 1 aliphatic heterocycles. The summed E-state index contributed by atoms with van der Waals surface area (Å²) in [5.74, 6) is -3.91. The number of hydrogen-bond donors (Lipinski definition) is 9. The van der Waals surface area contributed by atoms with Gasteiger partial charge < -0.3 is 62.1 Å². The number of carbonyl (C=O) groups excluding carboxylic acids is 10. The number of aryl methyl sites for hydroxylation is 1. The first kappa shape index (κ1) is 72.1. The van der Waals surface area contributed by atoms with Gasteiger partial charge >= 0.3 is 0 Å². The zero-order chi connectivity index (χ0) is 62.4. The van der Waals surface area contributed by atoms with Gasteiger partial charge in [-0.1, -0.05) is 99.8 Å². The van der Waals surface area contributed by atoms with Gasteiger partial charge in [0.1, 0.15) is 24.4 Å². The molecule has 9 N–H and O–H groups in total. The van der Waals surface area contributed by atoms with Crippen LogP contribution in [0.15, 0.2) is 10.7 Å². The van der Waals surface area contributed by atoms with Crippen molar-refractivity contribution in [3.63, 3.8) is 0 Å². The Morgan fingerprint density at radius 3 is 1.82 bits per heavy atom. The van der Waals surface area contributed by atoms with E-state index in [1.54, 1.807) is 27.7 Å². The van der Waals surface area contributed by atoms with Crippen LogP contribution < -0.4 is 47.9 Å². The van der Waals surface area contributed by atoms with Gasteiger partial charge in [-0.15, -0.1) is 0 Å². The zero-order valence-corrected chi connectivity index (χ0v) is 52.7. The van der Waals surface area contributed by atoms with E-state index in [4.69, 9.17) is 4.42 Å². The molecule has 476 valence electrons. The lowest BCUT2D eigenvalue weighted by molar-refractivity contribution is -0.131. The lowest BCUT2D eigenvalue weighted by Crippen LogP contribution is -2.53. The molecule has 0 bridgehead atoms. The van der Waals surface area contributed by atoms with E-state index < -0.39 is 41.9 Å². The number of aromatic nitrogens is 1. The van der Waals surface area contributed by atoms with E-state index in [0.717, 1.165) is 70.8 Å². The van der Waals surface area contributed by atoms with Gasteiger partial charge in [0.05, 0.1) is 17.4 Å². The van der Waals surface area contributed by atoms with Crippen molar-refractivity contribution in [2.75, 3.05) is 59.9 Å². The minimum Gasteiger partial charge on any atom is -0.448 e. The first-order chi connectivity index (χ1) is 39.8. The number of likely N-dealkylation sites (tertiary alicyclic amines) is 1. The van der Waals surface area contributed by atoms with Crippen LogP contribution in [0.3, 0.4) is 0 Å². The summed E-state index contributed by atoms with van der Waals surface area (Å²) < 4.78 is 5.22. The quantitative estimate of drug-likeness (QED) is 0.0415. The van der Waals surface area contributed by atoms with E-state index in [1.165, 1.54) is 11.2 Å². The van der Waals surface area contributed by atoms with Gasteiger partial charge in [-0.3, -0.25) is 47.9 Å². The molecule has 4 unspecified atom stereocenters. The van der Waals surface area contributed by atoms with Crippen LogP contribution in [0.2, 0.25) is 0 Å². The van der Waals surface area contributed by atoms with Crippen molar-refractivity contribution in [1.29, 1.82) is 0 Å². The Morgan fingerprint density at radius 2 is 1.21 bits per heavy atom. The molecule has 1 aromatic heterocycles. The van der Waals surface area contributed by atoms with Crippen LogP contribution in [0.1, 0.15) is 200 Å². The summed E-state index contributed by atoms with van der Waals surface area (Å²) in [5.41, 5.74) is -0.0871. The molecule has 3 rings (SSSR count). The van der Waals surface area contributed by atoms with Gasteiger partial charge in [0.15, 0.2) is 11.6 Å². The molecule has 84 heavy (non-hydrogen) atoms. The maximum absolute atomic E-state index is 13.6. The van der Waals surface area contributed by atoms with Crippen LogP contribution in [-0.4, -0.2) is 163 Å². The topological polar surface area (TPSA) is 311 Å². The Bertz CT molecular complexity index is 2270. The predicted molar refractivity (Wildman–Crippen MR) is 322 cm³/mol. The van der Waals surface area contributed by atoms with Crippen molar-refractivity contribution < 1.29 is 52.4 Å². The Labute approximate surface area is 500 Å². The fourth-order valence-corrected chi connectivity index (χ4v) is 10.9. The third kappa shape index (κ3) is 27.7. The van der Waals surface area contributed by atoms with Gasteiger partial charge in [-0.05, 0) is 90.1 Å². The van der Waals surface area contributed by atoms with Crippen molar-refractivity contribution in [3.8, 4) is 0 Å². The summed E-state index contributed by atoms with van der Waals surface area (Å²) in [7, 11) is 3.98. The van der Waals surface area contributed by atoms with E-state index in [1.807, 2.05) is 41.8 Å². The summed E-state index contributed by atoms with van der Waals surface area (Å²) in [6.07, 6.45) is 14.7. The maximum Gasteiger partial charge on any atom is 0.276 e. The Morgan fingerprint density at radius 1 is 0.643 bits per heavy atom. The number of nitrogens with zero attached hydrogens (tertiary/aromatic N) is 3. The molecule has 1 aromatic rings. The monoisotopic (exact) mass is 1180 g/mol. The average molecular weight is 1180 g/mol. The molecule has 1 aliphatic carbocycles. The van der Waals surface area contributed by atoms with Crippen LogP contribution in [0, 0.1) is 36.5 Å². The second-order valence-corrected chi connectivity index (χ2v) is 24.9. The molecular formula is C61H106N12O11. The summed E-state index contributed by atoms with van der Waals surface area (Å²) in [4.78, 5) is 139. The number of likely N-dealkylation sites (N-methyl/N-ethyl adjacent to an activating group) is 1. The molecule has 23 heteroatoms. The fraction of sp³-hybridized carbons (Fsp3) is 0.787. The summed E-state index contributed by atoms with van der Waals surface area (Å²) in [6, 6.07) is -2.86. The molecule has 10 amide bonds. The van der Waals surface area contributed by atoms with Gasteiger partial charge in [-0.2, -0.15) is 0 Å². The maximum atomic E-state index is 13.6. The summed E-state index contributed by atoms with van der Waals surface area (Å²) in [6.45, 7) is 18.7. The molecule has 23 nitrogen and oxygen atoms in total. The van der Waals surface area contributed by atoms with Gasteiger partial charge in [0.2, 0.25) is 53.2 Å². The third-order valence-electron chi connectivity index (χ3n) is 15.7. The van der Waals surface area contributed by atoms with Crippen LogP contribution in [0.5, 0.6) is 0 Å². The van der Waals surface area contributed by atoms with E-state index in [9.17, 15) is 47.9 Å². The predicted octanol–water partition coefficient (Wildman–Crippen LogP) is 4.32. The third-order valence-corrected chi connectivity index (χ3v) is 15.7. The average Bonchev–Trinajstić information content (AvgIpc) is 3.94. The van der Waals surface area contributed by atoms with E-state index in [-0.39, 0.29) is 141 Å². The van der Waals surface area contributed by atoms with Crippen molar-refractivity contribution in [1.82, 2.24) is 62.6 Å². The van der Waals surface area contributed by atoms with E-state index >= 15 is 0 Å². The fourth-order valence-electron chi connectivity index (χ4n) is 10.9. The highest BCUT2D eigenvalue weighted by Crippen LogP contribution is 2.30. The SMILES string of the molecule is CCCCCCCC[C@H](NC(=O)[C@@H]1CCCN1C(=O)c1coc(C)n1)C(=O)NCCC(C)CC(=O)NC(C)CC(=O)N[C@@H](CC(C)C)C(=O)NCCC(C)CC(=O)NCC(C)C(=O)NC[C@@H](C)C(=O)NCCC(=O)NC1(CN(C)C)CCCC1. The second-order valence-electron chi connectivity index (χ2n) is 24.9. The molecule has 0 aromatic carbocycles. The Hall–Kier alpha value is -6.13. The molecule has 8 atom stereocenters.